The van der Waals surface area contributed by atoms with Gasteiger partial charge in [-0.3, -0.25) is 6.08 Å². The summed E-state index contributed by atoms with van der Waals surface area (Å²) >= 11 is 0. The van der Waals surface area contributed by atoms with Crippen LogP contribution in [0.15, 0.2) is 16.7 Å². The minimum absolute atomic E-state index is 0. The van der Waals surface area contributed by atoms with Crippen LogP contribution in [0.2, 0.25) is 0 Å². The first-order valence-electron chi connectivity index (χ1n) is 3.75. The van der Waals surface area contributed by atoms with Gasteiger partial charge in [0.05, 0.1) is 0 Å². The van der Waals surface area contributed by atoms with Crippen molar-refractivity contribution in [3.8, 4) is 0 Å². The molecule has 0 N–H and O–H groups in total. The van der Waals surface area contributed by atoms with Gasteiger partial charge in [-0.15, -0.1) is 56.6 Å². The number of halogens is 4. The van der Waals surface area contributed by atoms with Crippen LogP contribution in [0.5, 0.6) is 0 Å². The average molecular weight is 462 g/mol. The van der Waals surface area contributed by atoms with Crippen LogP contribution >= 0.6 is 49.6 Å². The maximum absolute atomic E-state index is 3.44. The Kier molecular flexibility index (Phi) is 21.0. The number of hydrogen-bond donors (Lipinski definition) is 0. The Morgan fingerprint density at radius 1 is 0.867 bits per heavy atom. The molecule has 0 saturated carbocycles. The molecule has 0 heterocycles. The Morgan fingerprint density at radius 2 is 1.20 bits per heavy atom. The normalized spacial score (nSPS) is 15.7. The number of rotatable bonds is 0. The first kappa shape index (κ1) is 29.9. The summed E-state index contributed by atoms with van der Waals surface area (Å²) in [4.78, 5) is 0. The van der Waals surface area contributed by atoms with Gasteiger partial charge in [0, 0.05) is 22.4 Å². The second-order valence-corrected chi connectivity index (χ2v) is 3.62. The standard InChI is InChI=1S/C10H15.4ClH.Ta/c1-7-6-10(4,5)9(3)8(7)2;;;;;/h1-5H3;4*1H;/q-1;;;;;. The Labute approximate surface area is 134 Å². The molecule has 0 aromatic rings. The van der Waals surface area contributed by atoms with Gasteiger partial charge in [0.15, 0.2) is 0 Å². The van der Waals surface area contributed by atoms with Gasteiger partial charge in [-0.05, 0) is 0 Å². The van der Waals surface area contributed by atoms with Crippen molar-refractivity contribution in [2.24, 2.45) is 5.41 Å². The van der Waals surface area contributed by atoms with Crippen LogP contribution in [0.1, 0.15) is 34.6 Å². The van der Waals surface area contributed by atoms with Crippen LogP contribution in [0, 0.1) is 11.5 Å². The van der Waals surface area contributed by atoms with Crippen molar-refractivity contribution in [3.05, 3.63) is 22.8 Å². The van der Waals surface area contributed by atoms with Crippen molar-refractivity contribution in [1.82, 2.24) is 0 Å². The molecule has 0 aromatic carbocycles. The third kappa shape index (κ3) is 6.63. The summed E-state index contributed by atoms with van der Waals surface area (Å²) in [5.74, 6) is 0. The largest absolute Gasteiger partial charge is 0.263 e. The summed E-state index contributed by atoms with van der Waals surface area (Å²) in [6, 6.07) is 0. The van der Waals surface area contributed by atoms with E-state index in [2.05, 4.69) is 40.7 Å². The molecule has 0 fully saturated rings. The van der Waals surface area contributed by atoms with Crippen molar-refractivity contribution in [3.63, 3.8) is 0 Å². The minimum atomic E-state index is 0. The molecule has 0 bridgehead atoms. The Balaban J connectivity index is -0.0000000667. The summed E-state index contributed by atoms with van der Waals surface area (Å²) in [6.45, 7) is 10.9. The molecular formula is C10H19Cl4Ta-. The van der Waals surface area contributed by atoms with E-state index in [1.807, 2.05) is 0 Å². The van der Waals surface area contributed by atoms with E-state index in [4.69, 9.17) is 0 Å². The monoisotopic (exact) mass is 460 g/mol. The van der Waals surface area contributed by atoms with Crippen LogP contribution in [0.25, 0.3) is 0 Å². The summed E-state index contributed by atoms with van der Waals surface area (Å²) < 4.78 is 0. The maximum Gasteiger partial charge on any atom is 0 e. The summed E-state index contributed by atoms with van der Waals surface area (Å²) in [5.41, 5.74) is 4.39. The maximum atomic E-state index is 3.44. The molecule has 0 saturated heterocycles. The molecule has 1 rings (SSSR count). The van der Waals surface area contributed by atoms with Gasteiger partial charge in [0.2, 0.25) is 0 Å². The van der Waals surface area contributed by atoms with Crippen LogP contribution < -0.4 is 0 Å². The van der Waals surface area contributed by atoms with Gasteiger partial charge in [0.1, 0.15) is 0 Å². The Hall–Kier alpha value is 1.38. The zero-order valence-electron chi connectivity index (χ0n) is 9.58. The third-order valence-electron chi connectivity index (χ3n) is 2.56. The first-order valence-corrected chi connectivity index (χ1v) is 3.75. The van der Waals surface area contributed by atoms with E-state index in [0.29, 0.717) is 0 Å². The molecule has 5 heteroatoms. The molecule has 0 unspecified atom stereocenters. The van der Waals surface area contributed by atoms with E-state index >= 15 is 0 Å². The number of hydrogen-bond acceptors (Lipinski definition) is 0. The molecule has 0 amide bonds. The molecule has 0 spiro atoms. The van der Waals surface area contributed by atoms with E-state index in [0.717, 1.165) is 0 Å². The van der Waals surface area contributed by atoms with Gasteiger partial charge in [-0.1, -0.05) is 33.1 Å². The van der Waals surface area contributed by atoms with Crippen molar-refractivity contribution >= 4 is 49.6 Å². The molecule has 1 aliphatic carbocycles. The van der Waals surface area contributed by atoms with Gasteiger partial charge < -0.3 is 0 Å². The van der Waals surface area contributed by atoms with Crippen molar-refractivity contribution in [1.29, 1.82) is 0 Å². The van der Waals surface area contributed by atoms with Gasteiger partial charge in [0.25, 0.3) is 0 Å². The fourth-order valence-electron chi connectivity index (χ4n) is 1.41. The quantitative estimate of drug-likeness (QED) is 0.455. The average Bonchev–Trinajstić information content (AvgIpc) is 1.95. The molecule has 0 aliphatic heterocycles. The molecule has 15 heavy (non-hydrogen) atoms. The second-order valence-electron chi connectivity index (χ2n) is 3.62. The van der Waals surface area contributed by atoms with Gasteiger partial charge in [-0.2, -0.15) is 11.1 Å². The molecule has 1 radical (unpaired) electrons. The summed E-state index contributed by atoms with van der Waals surface area (Å²) in [7, 11) is 0. The molecule has 1 aliphatic rings. The van der Waals surface area contributed by atoms with Crippen LogP contribution in [0.4, 0.5) is 0 Å². The fourth-order valence-corrected chi connectivity index (χ4v) is 1.41. The zero-order chi connectivity index (χ0) is 7.94. The van der Waals surface area contributed by atoms with E-state index in [1.165, 1.54) is 16.7 Å². The van der Waals surface area contributed by atoms with E-state index in [-0.39, 0.29) is 77.4 Å². The molecule has 0 atom stereocenters. The van der Waals surface area contributed by atoms with Crippen molar-refractivity contribution in [2.75, 3.05) is 0 Å². The van der Waals surface area contributed by atoms with Crippen LogP contribution in [-0.4, -0.2) is 0 Å². The van der Waals surface area contributed by atoms with Crippen LogP contribution in [0.3, 0.4) is 0 Å². The van der Waals surface area contributed by atoms with Crippen LogP contribution in [-0.2, 0) is 22.4 Å². The molecule has 93 valence electrons. The molecular weight excluding hydrogens is 443 g/mol. The SMILES string of the molecule is CC1=[C-]C(C)(C)C(C)=C1C.Cl.Cl.Cl.Cl.[Ta]. The summed E-state index contributed by atoms with van der Waals surface area (Å²) in [5, 5.41) is 0. The molecule has 0 nitrogen and oxygen atoms in total. The fraction of sp³-hybridized carbons (Fsp3) is 0.600. The van der Waals surface area contributed by atoms with E-state index in [9.17, 15) is 0 Å². The zero-order valence-corrected chi connectivity index (χ0v) is 16.1. The predicted molar refractivity (Wildman–Crippen MR) is 73.6 cm³/mol. The van der Waals surface area contributed by atoms with Gasteiger partial charge >= 0.3 is 0 Å². The predicted octanol–water partition coefficient (Wildman–Crippen LogP) is 4.80. The first-order chi connectivity index (χ1) is 4.45. The molecule has 0 aromatic heterocycles. The van der Waals surface area contributed by atoms with Crippen molar-refractivity contribution in [2.45, 2.75) is 34.6 Å². The minimum Gasteiger partial charge on any atom is -0.263 e. The van der Waals surface area contributed by atoms with Gasteiger partial charge in [-0.25, -0.2) is 5.57 Å². The number of allylic oxidation sites excluding steroid dienone is 4. The second kappa shape index (κ2) is 10.5. The Morgan fingerprint density at radius 3 is 1.27 bits per heavy atom. The third-order valence-corrected chi connectivity index (χ3v) is 2.56. The van der Waals surface area contributed by atoms with E-state index in [1.54, 1.807) is 0 Å². The Bertz CT molecular complexity index is 232. The van der Waals surface area contributed by atoms with E-state index < -0.39 is 0 Å². The smallest absolute Gasteiger partial charge is 0 e. The van der Waals surface area contributed by atoms with Crippen molar-refractivity contribution < 1.29 is 22.4 Å². The summed E-state index contributed by atoms with van der Waals surface area (Å²) in [6.07, 6.45) is 3.44. The topological polar surface area (TPSA) is 0 Å².